The molecule has 6 heteroatoms. The minimum Gasteiger partial charge on any atom is -0.481 e. The highest BCUT2D eigenvalue weighted by Gasteiger charge is 2.48. The van der Waals surface area contributed by atoms with E-state index >= 15 is 0 Å². The maximum absolute atomic E-state index is 11.8. The zero-order chi connectivity index (χ0) is 17.0. The Balaban J connectivity index is 1.51. The van der Waals surface area contributed by atoms with E-state index in [2.05, 4.69) is 15.2 Å². The van der Waals surface area contributed by atoms with Gasteiger partial charge in [0.2, 0.25) is 11.8 Å². The van der Waals surface area contributed by atoms with Gasteiger partial charge in [0.15, 0.2) is 0 Å². The summed E-state index contributed by atoms with van der Waals surface area (Å²) in [7, 11) is 3.20. The van der Waals surface area contributed by atoms with Crippen LogP contribution in [0.1, 0.15) is 31.4 Å². The van der Waals surface area contributed by atoms with Crippen LogP contribution in [0.2, 0.25) is 0 Å². The summed E-state index contributed by atoms with van der Waals surface area (Å²) in [5.74, 6) is 0.672. The summed E-state index contributed by atoms with van der Waals surface area (Å²) >= 11 is 0. The van der Waals surface area contributed by atoms with Gasteiger partial charge in [0.1, 0.15) is 6.61 Å². The van der Waals surface area contributed by atoms with Crippen LogP contribution in [0.4, 0.5) is 0 Å². The van der Waals surface area contributed by atoms with E-state index in [1.165, 1.54) is 6.42 Å². The molecule has 132 valence electrons. The average molecular weight is 333 g/mol. The van der Waals surface area contributed by atoms with Gasteiger partial charge in [-0.3, -0.25) is 9.69 Å². The second-order valence-corrected chi connectivity index (χ2v) is 6.90. The van der Waals surface area contributed by atoms with Crippen LogP contribution in [0.15, 0.2) is 18.2 Å². The normalized spacial score (nSPS) is 22.8. The van der Waals surface area contributed by atoms with E-state index < -0.39 is 0 Å². The molecular weight excluding hydrogens is 306 g/mol. The number of piperidine rings is 1. The molecule has 1 aliphatic carbocycles. The molecule has 2 aliphatic rings. The summed E-state index contributed by atoms with van der Waals surface area (Å²) in [6.45, 7) is 3.11. The highest BCUT2D eigenvalue weighted by Crippen LogP contribution is 2.49. The molecule has 0 aromatic carbocycles. The maximum Gasteiger partial charge on any atom is 0.246 e. The van der Waals surface area contributed by atoms with E-state index in [0.717, 1.165) is 44.6 Å². The van der Waals surface area contributed by atoms with E-state index in [1.807, 2.05) is 18.2 Å². The van der Waals surface area contributed by atoms with E-state index in [9.17, 15) is 4.79 Å². The minimum atomic E-state index is 0.00425. The third-order valence-corrected chi connectivity index (χ3v) is 5.51. The van der Waals surface area contributed by atoms with Crippen molar-refractivity contribution in [2.75, 3.05) is 33.9 Å². The number of methoxy groups -OCH3 is 2. The first kappa shape index (κ1) is 17.2. The molecule has 1 aromatic heterocycles. The first-order chi connectivity index (χ1) is 11.6. The van der Waals surface area contributed by atoms with Crippen LogP contribution in [0.3, 0.4) is 0 Å². The van der Waals surface area contributed by atoms with Crippen molar-refractivity contribution in [3.8, 4) is 5.88 Å². The number of hydrogen-bond donors (Lipinski definition) is 1. The van der Waals surface area contributed by atoms with Crippen LogP contribution < -0.4 is 10.1 Å². The van der Waals surface area contributed by atoms with Crippen LogP contribution >= 0.6 is 0 Å². The van der Waals surface area contributed by atoms with Gasteiger partial charge in [-0.05, 0) is 50.3 Å². The van der Waals surface area contributed by atoms with Gasteiger partial charge < -0.3 is 14.8 Å². The fourth-order valence-electron chi connectivity index (χ4n) is 3.93. The van der Waals surface area contributed by atoms with Crippen LogP contribution in [0, 0.1) is 5.41 Å². The number of aromatic nitrogens is 1. The average Bonchev–Trinajstić information content (AvgIpc) is 2.60. The molecule has 1 saturated heterocycles. The summed E-state index contributed by atoms with van der Waals surface area (Å²) in [4.78, 5) is 18.7. The summed E-state index contributed by atoms with van der Waals surface area (Å²) < 4.78 is 10.1. The zero-order valence-corrected chi connectivity index (χ0v) is 14.6. The fraction of sp³-hybridized carbons (Fsp3) is 0.667. The highest BCUT2D eigenvalue weighted by atomic mass is 16.5. The standard InChI is InChI=1S/C18H27N3O3/c1-23-13-16(22)20-15-6-7-18(15)8-10-21(11-9-18)12-14-4-3-5-17(19-14)24-2/h3-5,15H,6-13H2,1-2H3,(H,20,22). The molecule has 1 aliphatic heterocycles. The molecule has 1 aromatic rings. The largest absolute Gasteiger partial charge is 0.481 e. The smallest absolute Gasteiger partial charge is 0.246 e. The van der Waals surface area contributed by atoms with Crippen molar-refractivity contribution < 1.29 is 14.3 Å². The lowest BCUT2D eigenvalue weighted by atomic mass is 9.59. The van der Waals surface area contributed by atoms with Gasteiger partial charge in [-0.2, -0.15) is 0 Å². The second kappa shape index (κ2) is 7.49. The van der Waals surface area contributed by atoms with Gasteiger partial charge in [0.25, 0.3) is 0 Å². The monoisotopic (exact) mass is 333 g/mol. The van der Waals surface area contributed by atoms with E-state index in [-0.39, 0.29) is 12.5 Å². The molecule has 1 amide bonds. The lowest BCUT2D eigenvalue weighted by molar-refractivity contribution is -0.129. The number of nitrogens with zero attached hydrogens (tertiary/aromatic N) is 2. The second-order valence-electron chi connectivity index (χ2n) is 6.90. The SMILES string of the molecule is COCC(=O)NC1CCC12CCN(Cc1cccc(OC)n1)CC2. The van der Waals surface area contributed by atoms with E-state index in [4.69, 9.17) is 9.47 Å². The Morgan fingerprint density at radius 3 is 2.75 bits per heavy atom. The van der Waals surface area contributed by atoms with Crippen molar-refractivity contribution in [3.63, 3.8) is 0 Å². The molecule has 24 heavy (non-hydrogen) atoms. The van der Waals surface area contributed by atoms with Gasteiger partial charge in [0, 0.05) is 25.8 Å². The molecule has 1 N–H and O–H groups in total. The Labute approximate surface area is 143 Å². The third-order valence-electron chi connectivity index (χ3n) is 5.51. The van der Waals surface area contributed by atoms with Crippen molar-refractivity contribution >= 4 is 5.91 Å². The van der Waals surface area contributed by atoms with Crippen LogP contribution in [0.25, 0.3) is 0 Å². The van der Waals surface area contributed by atoms with Gasteiger partial charge in [-0.25, -0.2) is 4.98 Å². The quantitative estimate of drug-likeness (QED) is 0.857. The molecule has 0 radical (unpaired) electrons. The molecule has 3 rings (SSSR count). The van der Waals surface area contributed by atoms with E-state index in [0.29, 0.717) is 17.3 Å². The Hall–Kier alpha value is -1.66. The lowest BCUT2D eigenvalue weighted by Crippen LogP contribution is -2.59. The molecule has 1 spiro atoms. The Kier molecular flexibility index (Phi) is 5.36. The number of ether oxygens (including phenoxy) is 2. The number of nitrogens with one attached hydrogen (secondary N) is 1. The predicted octanol–water partition coefficient (Wildman–Crippen LogP) is 1.60. The number of carbonyl (C=O) groups is 1. The number of pyridine rings is 1. The number of hydrogen-bond acceptors (Lipinski definition) is 5. The molecule has 2 heterocycles. The number of amides is 1. The van der Waals surface area contributed by atoms with Crippen molar-refractivity contribution in [3.05, 3.63) is 23.9 Å². The molecule has 1 atom stereocenters. The van der Waals surface area contributed by atoms with Crippen LogP contribution in [-0.2, 0) is 16.1 Å². The summed E-state index contributed by atoms with van der Waals surface area (Å²) in [5.41, 5.74) is 1.34. The molecule has 1 unspecified atom stereocenters. The minimum absolute atomic E-state index is 0.00425. The van der Waals surface area contributed by atoms with Crippen molar-refractivity contribution in [2.45, 2.75) is 38.3 Å². The maximum atomic E-state index is 11.8. The third kappa shape index (κ3) is 3.70. The van der Waals surface area contributed by atoms with Crippen molar-refractivity contribution in [1.29, 1.82) is 0 Å². The molecule has 0 bridgehead atoms. The highest BCUT2D eigenvalue weighted by molar-refractivity contribution is 5.77. The zero-order valence-electron chi connectivity index (χ0n) is 14.6. The Bertz CT molecular complexity index is 570. The van der Waals surface area contributed by atoms with Crippen LogP contribution in [0.5, 0.6) is 5.88 Å². The molecular formula is C18H27N3O3. The van der Waals surface area contributed by atoms with Gasteiger partial charge >= 0.3 is 0 Å². The van der Waals surface area contributed by atoms with Gasteiger partial charge in [-0.15, -0.1) is 0 Å². The summed E-state index contributed by atoms with van der Waals surface area (Å²) in [5, 5.41) is 3.15. The summed E-state index contributed by atoms with van der Waals surface area (Å²) in [6, 6.07) is 6.22. The van der Waals surface area contributed by atoms with Gasteiger partial charge in [0.05, 0.1) is 12.8 Å². The summed E-state index contributed by atoms with van der Waals surface area (Å²) in [6.07, 6.45) is 4.58. The number of likely N-dealkylation sites (tertiary alicyclic amines) is 1. The first-order valence-electron chi connectivity index (χ1n) is 8.66. The fourth-order valence-corrected chi connectivity index (χ4v) is 3.93. The number of carbonyl (C=O) groups excluding carboxylic acids is 1. The lowest BCUT2D eigenvalue weighted by Gasteiger charge is -2.54. The topological polar surface area (TPSA) is 63.7 Å². The molecule has 2 fully saturated rings. The van der Waals surface area contributed by atoms with Crippen LogP contribution in [-0.4, -0.2) is 55.7 Å². The molecule has 1 saturated carbocycles. The predicted molar refractivity (Wildman–Crippen MR) is 90.8 cm³/mol. The van der Waals surface area contributed by atoms with Crippen molar-refractivity contribution in [2.24, 2.45) is 5.41 Å². The Morgan fingerprint density at radius 2 is 2.12 bits per heavy atom. The van der Waals surface area contributed by atoms with Crippen molar-refractivity contribution in [1.82, 2.24) is 15.2 Å². The Morgan fingerprint density at radius 1 is 1.33 bits per heavy atom. The first-order valence-corrected chi connectivity index (χ1v) is 8.66. The number of rotatable bonds is 6. The van der Waals surface area contributed by atoms with E-state index in [1.54, 1.807) is 14.2 Å². The molecule has 6 nitrogen and oxygen atoms in total. The van der Waals surface area contributed by atoms with Gasteiger partial charge in [-0.1, -0.05) is 6.07 Å².